The minimum atomic E-state index is -5.10. The molecule has 0 bridgehead atoms. The first-order valence-electron chi connectivity index (χ1n) is 10.6. The highest BCUT2D eigenvalue weighted by Crippen LogP contribution is 2.31. The van der Waals surface area contributed by atoms with E-state index >= 15 is 0 Å². The topological polar surface area (TPSA) is 92.7 Å². The number of hydrogen-bond donors (Lipinski definition) is 2. The van der Waals surface area contributed by atoms with Crippen LogP contribution in [0.5, 0.6) is 5.75 Å². The molecule has 12 heteroatoms. The third-order valence-electron chi connectivity index (χ3n) is 5.56. The van der Waals surface area contributed by atoms with Gasteiger partial charge in [0.2, 0.25) is 11.8 Å². The molecule has 0 radical (unpaired) electrons. The van der Waals surface area contributed by atoms with Gasteiger partial charge >= 0.3 is 12.4 Å². The molecule has 2 heterocycles. The van der Waals surface area contributed by atoms with Crippen LogP contribution in [0.3, 0.4) is 0 Å². The van der Waals surface area contributed by atoms with Gasteiger partial charge in [0.15, 0.2) is 11.6 Å². The van der Waals surface area contributed by atoms with Crippen molar-refractivity contribution < 1.29 is 36.7 Å². The number of carbonyl (C=O) groups excluding carboxylic acids is 3. The van der Waals surface area contributed by atoms with Gasteiger partial charge in [-0.3, -0.25) is 14.2 Å². The lowest BCUT2D eigenvalue weighted by Gasteiger charge is -2.24. The summed E-state index contributed by atoms with van der Waals surface area (Å²) >= 11 is 0. The first-order valence-corrected chi connectivity index (χ1v) is 10.6. The molecule has 8 nitrogen and oxygen atoms in total. The number of nitrogens with zero attached hydrogens (tertiary/aromatic N) is 2. The Labute approximate surface area is 196 Å². The van der Waals surface area contributed by atoms with E-state index in [2.05, 4.69) is 15.4 Å². The number of alkyl halides is 3. The highest BCUT2D eigenvalue weighted by atomic mass is 19.4. The monoisotopic (exact) mass is 492 g/mol. The Bertz CT molecular complexity index is 1300. The molecule has 2 N–H and O–H groups in total. The summed E-state index contributed by atoms with van der Waals surface area (Å²) in [5.41, 5.74) is 0.469. The number of aromatic nitrogens is 1. The number of rotatable bonds is 4. The molecule has 0 spiro atoms. The van der Waals surface area contributed by atoms with Gasteiger partial charge in [0.05, 0.1) is 16.9 Å². The maximum atomic E-state index is 14.4. The molecule has 1 aliphatic heterocycles. The molecule has 0 unspecified atom stereocenters. The van der Waals surface area contributed by atoms with Crippen molar-refractivity contribution in [3.8, 4) is 5.75 Å². The van der Waals surface area contributed by atoms with Gasteiger partial charge in [-0.15, -0.1) is 13.2 Å². The Balaban J connectivity index is 1.51. The number of urea groups is 1. The van der Waals surface area contributed by atoms with Gasteiger partial charge in [-0.05, 0) is 31.0 Å². The molecule has 184 valence electrons. The molecule has 4 rings (SSSR count). The maximum absolute atomic E-state index is 14.4. The van der Waals surface area contributed by atoms with E-state index in [0.717, 1.165) is 18.2 Å². The van der Waals surface area contributed by atoms with Crippen LogP contribution in [0.1, 0.15) is 24.6 Å². The molecule has 1 atom stereocenters. The Morgan fingerprint density at radius 3 is 2.49 bits per heavy atom. The lowest BCUT2D eigenvalue weighted by atomic mass is 10.2. The van der Waals surface area contributed by atoms with Gasteiger partial charge in [-0.25, -0.2) is 9.18 Å². The van der Waals surface area contributed by atoms with Crippen molar-refractivity contribution >= 4 is 40.1 Å². The van der Waals surface area contributed by atoms with Gasteiger partial charge in [-0.2, -0.15) is 0 Å². The number of halogens is 4. The lowest BCUT2D eigenvalue weighted by Crippen LogP contribution is -2.45. The van der Waals surface area contributed by atoms with Crippen molar-refractivity contribution in [1.82, 2.24) is 9.47 Å². The van der Waals surface area contributed by atoms with E-state index in [0.29, 0.717) is 29.4 Å². The third-order valence-corrected chi connectivity index (χ3v) is 5.56. The Hall–Kier alpha value is -4.09. The summed E-state index contributed by atoms with van der Waals surface area (Å²) in [5.74, 6) is -3.25. The van der Waals surface area contributed by atoms with Crippen LogP contribution in [0.15, 0.2) is 48.7 Å². The minimum absolute atomic E-state index is 0.180. The smallest absolute Gasteiger partial charge is 0.403 e. The zero-order valence-electron chi connectivity index (χ0n) is 18.4. The average Bonchev–Trinajstić information content (AvgIpc) is 3.41. The van der Waals surface area contributed by atoms with E-state index in [1.54, 1.807) is 24.3 Å². The van der Waals surface area contributed by atoms with Crippen molar-refractivity contribution in [3.63, 3.8) is 0 Å². The van der Waals surface area contributed by atoms with E-state index < -0.39 is 41.6 Å². The Morgan fingerprint density at radius 2 is 1.77 bits per heavy atom. The van der Waals surface area contributed by atoms with Gasteiger partial charge < -0.3 is 20.3 Å². The van der Waals surface area contributed by atoms with E-state index in [1.165, 1.54) is 22.6 Å². The maximum Gasteiger partial charge on any atom is 0.573 e. The van der Waals surface area contributed by atoms with E-state index in [-0.39, 0.29) is 12.5 Å². The van der Waals surface area contributed by atoms with E-state index in [4.69, 9.17) is 0 Å². The molecular formula is C23H20F4N4O4. The number of nitrogens with one attached hydrogen (secondary N) is 2. The molecule has 1 saturated heterocycles. The Morgan fingerprint density at radius 1 is 1.03 bits per heavy atom. The quantitative estimate of drug-likeness (QED) is 0.503. The molecule has 0 aliphatic carbocycles. The predicted molar refractivity (Wildman–Crippen MR) is 119 cm³/mol. The van der Waals surface area contributed by atoms with Crippen LogP contribution in [0.2, 0.25) is 0 Å². The fraction of sp³-hybridized carbons (Fsp3) is 0.261. The van der Waals surface area contributed by atoms with Gasteiger partial charge in [0, 0.05) is 25.1 Å². The molecule has 3 amide bonds. The van der Waals surface area contributed by atoms with Crippen LogP contribution in [0.4, 0.5) is 33.7 Å². The predicted octanol–water partition coefficient (Wildman–Crippen LogP) is 4.97. The Kier molecular flexibility index (Phi) is 6.37. The van der Waals surface area contributed by atoms with Crippen molar-refractivity contribution in [2.24, 2.45) is 0 Å². The highest BCUT2D eigenvalue weighted by Gasteiger charge is 2.36. The van der Waals surface area contributed by atoms with Gasteiger partial charge in [0.1, 0.15) is 6.04 Å². The summed E-state index contributed by atoms with van der Waals surface area (Å²) in [7, 11) is 0. The fourth-order valence-corrected chi connectivity index (χ4v) is 4.04. The second-order valence-electron chi connectivity index (χ2n) is 7.89. The second-order valence-corrected chi connectivity index (χ2v) is 7.89. The fourth-order valence-electron chi connectivity index (χ4n) is 4.04. The summed E-state index contributed by atoms with van der Waals surface area (Å²) in [4.78, 5) is 39.0. The van der Waals surface area contributed by atoms with Crippen molar-refractivity contribution in [1.29, 1.82) is 0 Å². The number of benzene rings is 2. The molecule has 3 aromatic rings. The number of ether oxygens (including phenoxy) is 1. The number of anilines is 2. The van der Waals surface area contributed by atoms with Crippen LogP contribution < -0.4 is 15.4 Å². The number of hydrogen-bond acceptors (Lipinski definition) is 4. The average molecular weight is 492 g/mol. The number of para-hydroxylation sites is 1. The standard InChI is InChI=1S/C23H20F4N4O4/c1-13(32)31-12-16(14-6-2-3-8-17(14)31)28-21(33)18-9-5-11-30(18)22(34)29-15-7-4-10-19(20(15)24)35-23(25,26)27/h2-4,6-8,10,12,18H,5,9,11H2,1H3,(H,28,33)(H,29,34)/t18-/m1/s1. The summed E-state index contributed by atoms with van der Waals surface area (Å²) in [6, 6.07) is 8.17. The zero-order chi connectivity index (χ0) is 25.3. The normalized spacial score (nSPS) is 15.8. The first-order chi connectivity index (χ1) is 16.5. The van der Waals surface area contributed by atoms with Crippen LogP contribution in [0, 0.1) is 5.82 Å². The summed E-state index contributed by atoms with van der Waals surface area (Å²) in [6.45, 7) is 1.56. The van der Waals surface area contributed by atoms with Crippen LogP contribution in [-0.2, 0) is 4.79 Å². The van der Waals surface area contributed by atoms with E-state index in [1.807, 2.05) is 0 Å². The van der Waals surface area contributed by atoms with Crippen LogP contribution in [0.25, 0.3) is 10.9 Å². The number of fused-ring (bicyclic) bond motifs is 1. The molecule has 1 aromatic heterocycles. The molecule has 35 heavy (non-hydrogen) atoms. The molecule has 0 saturated carbocycles. The van der Waals surface area contributed by atoms with Crippen molar-refractivity contribution in [3.05, 3.63) is 54.5 Å². The SMILES string of the molecule is CC(=O)n1cc(NC(=O)[C@H]2CCCN2C(=O)Nc2cccc(OC(F)(F)F)c2F)c2ccccc21. The highest BCUT2D eigenvalue weighted by molar-refractivity contribution is 6.07. The second kappa shape index (κ2) is 9.28. The first kappa shape index (κ1) is 24.0. The zero-order valence-corrected chi connectivity index (χ0v) is 18.4. The summed E-state index contributed by atoms with van der Waals surface area (Å²) in [5, 5.41) is 5.59. The van der Waals surface area contributed by atoms with Gasteiger partial charge in [0.25, 0.3) is 0 Å². The largest absolute Gasteiger partial charge is 0.573 e. The minimum Gasteiger partial charge on any atom is -0.403 e. The number of amides is 3. The summed E-state index contributed by atoms with van der Waals surface area (Å²) in [6.07, 6.45) is -2.80. The summed E-state index contributed by atoms with van der Waals surface area (Å²) < 4.78 is 56.9. The van der Waals surface area contributed by atoms with Crippen molar-refractivity contribution in [2.45, 2.75) is 32.2 Å². The molecule has 2 aromatic carbocycles. The number of likely N-dealkylation sites (tertiary alicyclic amines) is 1. The van der Waals surface area contributed by atoms with E-state index in [9.17, 15) is 31.9 Å². The van der Waals surface area contributed by atoms with Crippen molar-refractivity contribution in [2.75, 3.05) is 17.2 Å². The molecular weight excluding hydrogens is 472 g/mol. The van der Waals surface area contributed by atoms with Crippen LogP contribution in [-0.4, -0.2) is 46.3 Å². The van der Waals surface area contributed by atoms with Crippen LogP contribution >= 0.6 is 0 Å². The molecule has 1 aliphatic rings. The lowest BCUT2D eigenvalue weighted by molar-refractivity contribution is -0.275. The van der Waals surface area contributed by atoms with Gasteiger partial charge in [-0.1, -0.05) is 24.3 Å². The third kappa shape index (κ3) is 5.05. The number of carbonyl (C=O) groups is 3. The molecule has 1 fully saturated rings.